The lowest BCUT2D eigenvalue weighted by atomic mass is 9.82. The fraction of sp³-hybridized carbons (Fsp3) is 0.286. The fourth-order valence-electron chi connectivity index (χ4n) is 4.66. The molecule has 1 aliphatic rings. The number of carbonyl (C=O) groups is 2. The first-order valence-corrected chi connectivity index (χ1v) is 12.2. The van der Waals surface area contributed by atoms with Crippen LogP contribution in [0.3, 0.4) is 0 Å². The molecule has 1 aliphatic heterocycles. The van der Waals surface area contributed by atoms with Crippen molar-refractivity contribution in [2.45, 2.75) is 38.4 Å². The molecule has 0 bridgehead atoms. The zero-order valence-electron chi connectivity index (χ0n) is 20.5. The summed E-state index contributed by atoms with van der Waals surface area (Å²) in [7, 11) is 3.75. The van der Waals surface area contributed by atoms with Gasteiger partial charge in [0.25, 0.3) is 11.8 Å². The average molecular weight is 510 g/mol. The summed E-state index contributed by atoms with van der Waals surface area (Å²) >= 11 is 13.1. The summed E-state index contributed by atoms with van der Waals surface area (Å²) < 4.78 is 0. The number of anilines is 1. The van der Waals surface area contributed by atoms with E-state index in [4.69, 9.17) is 23.2 Å². The summed E-state index contributed by atoms with van der Waals surface area (Å²) in [5.41, 5.74) is 2.30. The number of nitrogens with zero attached hydrogens (tertiary/aromatic N) is 2. The van der Waals surface area contributed by atoms with E-state index in [0.29, 0.717) is 27.7 Å². The van der Waals surface area contributed by atoms with Crippen molar-refractivity contribution in [3.63, 3.8) is 0 Å². The molecule has 4 rings (SSSR count). The Labute approximate surface area is 216 Å². The van der Waals surface area contributed by atoms with Crippen molar-refractivity contribution in [1.29, 1.82) is 0 Å². The topological polar surface area (TPSA) is 52.7 Å². The minimum Gasteiger partial charge on any atom is -0.347 e. The molecule has 0 spiro atoms. The molecule has 7 heteroatoms. The predicted molar refractivity (Wildman–Crippen MR) is 142 cm³/mol. The Balaban J connectivity index is 1.75. The first-order valence-electron chi connectivity index (χ1n) is 11.4. The highest BCUT2D eigenvalue weighted by atomic mass is 35.5. The van der Waals surface area contributed by atoms with E-state index >= 15 is 0 Å². The Morgan fingerprint density at radius 3 is 2.23 bits per heavy atom. The highest BCUT2D eigenvalue weighted by molar-refractivity contribution is 6.32. The summed E-state index contributed by atoms with van der Waals surface area (Å²) in [6.45, 7) is 6.17. The third-order valence-corrected chi connectivity index (χ3v) is 6.74. The zero-order chi connectivity index (χ0) is 25.5. The molecule has 1 N–H and O–H groups in total. The first kappa shape index (κ1) is 25.2. The number of benzene rings is 3. The molecule has 0 fully saturated rings. The SMILES string of the molecule is CN(C)C1(c2ccccc2Cl)C(=O)N(Cc2ccc(C(=O)NC(C)(C)C)cc2)c2ccc(Cl)cc21. The second-order valence-corrected chi connectivity index (χ2v) is 10.9. The van der Waals surface area contributed by atoms with E-state index in [-0.39, 0.29) is 17.4 Å². The highest BCUT2D eigenvalue weighted by Crippen LogP contribution is 2.50. The van der Waals surface area contributed by atoms with Gasteiger partial charge in [0.1, 0.15) is 0 Å². The number of nitrogens with one attached hydrogen (secondary N) is 1. The number of hydrogen-bond acceptors (Lipinski definition) is 3. The number of rotatable bonds is 5. The van der Waals surface area contributed by atoms with E-state index in [1.54, 1.807) is 29.2 Å². The lowest BCUT2D eigenvalue weighted by molar-refractivity contribution is -0.126. The van der Waals surface area contributed by atoms with Crippen LogP contribution in [-0.2, 0) is 16.9 Å². The third kappa shape index (κ3) is 4.56. The van der Waals surface area contributed by atoms with Gasteiger partial charge in [-0.25, -0.2) is 0 Å². The van der Waals surface area contributed by atoms with Crippen LogP contribution in [0.5, 0.6) is 0 Å². The molecule has 1 atom stereocenters. The number of hydrogen-bond donors (Lipinski definition) is 1. The van der Waals surface area contributed by atoms with Gasteiger partial charge >= 0.3 is 0 Å². The maximum atomic E-state index is 14.2. The van der Waals surface area contributed by atoms with Gasteiger partial charge in [-0.05, 0) is 76.8 Å². The number of likely N-dealkylation sites (N-methyl/N-ethyl adjacent to an activating group) is 1. The van der Waals surface area contributed by atoms with Gasteiger partial charge in [-0.2, -0.15) is 0 Å². The predicted octanol–water partition coefficient (Wildman–Crippen LogP) is 5.87. The van der Waals surface area contributed by atoms with E-state index in [9.17, 15) is 9.59 Å². The first-order chi connectivity index (χ1) is 16.4. The standard InChI is InChI=1S/C28H29Cl2N3O2/c1-27(2,3)31-25(34)19-12-10-18(11-13-19)17-33-24-15-14-20(29)16-22(24)28(26(33)35,32(4)5)21-8-6-7-9-23(21)30/h6-16H,17H2,1-5H3,(H,31,34). The smallest absolute Gasteiger partial charge is 0.257 e. The van der Waals surface area contributed by atoms with Crippen molar-refractivity contribution >= 4 is 40.7 Å². The number of carbonyl (C=O) groups excluding carboxylic acids is 2. The van der Waals surface area contributed by atoms with Crippen LogP contribution < -0.4 is 10.2 Å². The lowest BCUT2D eigenvalue weighted by Gasteiger charge is -2.36. The maximum Gasteiger partial charge on any atom is 0.257 e. The Kier molecular flexibility index (Phi) is 6.71. The van der Waals surface area contributed by atoms with Crippen molar-refractivity contribution < 1.29 is 9.59 Å². The summed E-state index contributed by atoms with van der Waals surface area (Å²) in [6.07, 6.45) is 0. The van der Waals surface area contributed by atoms with Crippen LogP contribution in [-0.4, -0.2) is 36.3 Å². The Bertz CT molecular complexity index is 1280. The van der Waals surface area contributed by atoms with Crippen LogP contribution in [0.25, 0.3) is 0 Å². The van der Waals surface area contributed by atoms with Gasteiger partial charge in [0.15, 0.2) is 5.54 Å². The second kappa shape index (κ2) is 9.30. The van der Waals surface area contributed by atoms with E-state index in [1.807, 2.05) is 82.2 Å². The summed E-state index contributed by atoms with van der Waals surface area (Å²) in [5, 5.41) is 4.02. The van der Waals surface area contributed by atoms with Gasteiger partial charge in [-0.15, -0.1) is 0 Å². The van der Waals surface area contributed by atoms with E-state index in [2.05, 4.69) is 5.32 Å². The molecule has 0 aliphatic carbocycles. The lowest BCUT2D eigenvalue weighted by Crippen LogP contribution is -2.50. The maximum absolute atomic E-state index is 14.2. The van der Waals surface area contributed by atoms with Gasteiger partial charge in [0.05, 0.1) is 12.2 Å². The van der Waals surface area contributed by atoms with Crippen molar-refractivity contribution in [3.05, 3.63) is 99.0 Å². The number of fused-ring (bicyclic) bond motifs is 1. The van der Waals surface area contributed by atoms with E-state index in [1.165, 1.54) is 0 Å². The molecule has 2 amide bonds. The van der Waals surface area contributed by atoms with Crippen LogP contribution in [0.4, 0.5) is 5.69 Å². The van der Waals surface area contributed by atoms with Crippen molar-refractivity contribution in [2.75, 3.05) is 19.0 Å². The molecule has 0 saturated heterocycles. The van der Waals surface area contributed by atoms with Crippen molar-refractivity contribution in [2.24, 2.45) is 0 Å². The highest BCUT2D eigenvalue weighted by Gasteiger charge is 2.54. The molecule has 0 saturated carbocycles. The number of halogens is 2. The van der Waals surface area contributed by atoms with Crippen LogP contribution in [0.1, 0.15) is 47.8 Å². The zero-order valence-corrected chi connectivity index (χ0v) is 22.0. The van der Waals surface area contributed by atoms with Gasteiger partial charge in [0.2, 0.25) is 0 Å². The molecule has 1 heterocycles. The molecule has 182 valence electrons. The molecule has 5 nitrogen and oxygen atoms in total. The Morgan fingerprint density at radius 1 is 0.971 bits per heavy atom. The molecule has 3 aromatic rings. The molecule has 1 unspecified atom stereocenters. The molecule has 35 heavy (non-hydrogen) atoms. The van der Waals surface area contributed by atoms with Gasteiger partial charge in [-0.3, -0.25) is 14.5 Å². The molecule has 0 aromatic heterocycles. The largest absolute Gasteiger partial charge is 0.347 e. The number of amides is 2. The average Bonchev–Trinajstić information content (AvgIpc) is 3.01. The molecular weight excluding hydrogens is 481 g/mol. The van der Waals surface area contributed by atoms with Crippen molar-refractivity contribution in [3.8, 4) is 0 Å². The molecule has 0 radical (unpaired) electrons. The quantitative estimate of drug-likeness (QED) is 0.467. The second-order valence-electron chi connectivity index (χ2n) is 10.0. The normalized spacial score (nSPS) is 17.6. The molecule has 3 aromatic carbocycles. The van der Waals surface area contributed by atoms with E-state index in [0.717, 1.165) is 16.8 Å². The Morgan fingerprint density at radius 2 is 1.63 bits per heavy atom. The summed E-state index contributed by atoms with van der Waals surface area (Å²) in [5.74, 6) is -0.242. The minimum absolute atomic E-state index is 0.109. The van der Waals surface area contributed by atoms with Crippen LogP contribution in [0.15, 0.2) is 66.7 Å². The van der Waals surface area contributed by atoms with Crippen LogP contribution in [0.2, 0.25) is 10.0 Å². The third-order valence-electron chi connectivity index (χ3n) is 6.17. The monoisotopic (exact) mass is 509 g/mol. The minimum atomic E-state index is -1.12. The summed E-state index contributed by atoms with van der Waals surface area (Å²) in [6, 6.07) is 20.3. The summed E-state index contributed by atoms with van der Waals surface area (Å²) in [4.78, 5) is 30.4. The molecular formula is C28H29Cl2N3O2. The van der Waals surface area contributed by atoms with Crippen LogP contribution in [0, 0.1) is 0 Å². The van der Waals surface area contributed by atoms with Gasteiger partial charge < -0.3 is 10.2 Å². The van der Waals surface area contributed by atoms with Crippen LogP contribution >= 0.6 is 23.2 Å². The van der Waals surface area contributed by atoms with E-state index < -0.39 is 5.54 Å². The fourth-order valence-corrected chi connectivity index (χ4v) is 5.10. The van der Waals surface area contributed by atoms with Gasteiger partial charge in [-0.1, -0.05) is 53.5 Å². The Hall–Kier alpha value is -2.86. The van der Waals surface area contributed by atoms with Crippen molar-refractivity contribution in [1.82, 2.24) is 10.2 Å². The van der Waals surface area contributed by atoms with Gasteiger partial charge in [0, 0.05) is 32.3 Å².